The molecule has 180 valence electrons. The molecule has 0 amide bonds. The zero-order valence-corrected chi connectivity index (χ0v) is 21.1. The van der Waals surface area contributed by atoms with Crippen molar-refractivity contribution in [2.45, 2.75) is 6.92 Å². The Hall–Kier alpha value is -4.60. The van der Waals surface area contributed by atoms with Crippen molar-refractivity contribution in [3.8, 4) is 11.1 Å². The van der Waals surface area contributed by atoms with Crippen LogP contribution in [0.3, 0.4) is 0 Å². The van der Waals surface area contributed by atoms with E-state index >= 15 is 0 Å². The van der Waals surface area contributed by atoms with Crippen molar-refractivity contribution in [1.82, 2.24) is 0 Å². The normalized spacial score (nSPS) is 11.7. The molecule has 0 saturated heterocycles. The van der Waals surface area contributed by atoms with Gasteiger partial charge < -0.3 is 0 Å². The first-order chi connectivity index (χ1) is 18.5. The van der Waals surface area contributed by atoms with Crippen molar-refractivity contribution in [3.63, 3.8) is 0 Å². The van der Waals surface area contributed by atoms with E-state index in [9.17, 15) is 14.4 Å². The maximum absolute atomic E-state index is 14.4. The second-order valence-electron chi connectivity index (χ2n) is 9.70. The second-order valence-corrected chi connectivity index (χ2v) is 10.1. The molecule has 0 radical (unpaired) electrons. The number of hydrogen-bond acceptors (Lipinski definition) is 3. The van der Waals surface area contributed by atoms with Crippen molar-refractivity contribution < 1.29 is 4.79 Å². The Balaban J connectivity index is 1.82. The highest BCUT2D eigenvalue weighted by molar-refractivity contribution is 6.38. The van der Waals surface area contributed by atoms with Gasteiger partial charge >= 0.3 is 0 Å². The van der Waals surface area contributed by atoms with Crippen molar-refractivity contribution >= 4 is 60.5 Å². The molecule has 7 rings (SSSR count). The van der Waals surface area contributed by atoms with E-state index in [-0.39, 0.29) is 16.6 Å². The van der Waals surface area contributed by atoms with E-state index in [0.717, 1.165) is 10.9 Å². The molecule has 0 fully saturated rings. The Morgan fingerprint density at radius 1 is 0.579 bits per heavy atom. The molecule has 0 aliphatic rings. The van der Waals surface area contributed by atoms with Crippen LogP contribution in [0.2, 0.25) is 5.02 Å². The van der Waals surface area contributed by atoms with E-state index in [1.807, 2.05) is 67.6 Å². The molecule has 7 aromatic rings. The van der Waals surface area contributed by atoms with Gasteiger partial charge in [0.2, 0.25) is 0 Å². The van der Waals surface area contributed by atoms with Gasteiger partial charge in [0.05, 0.1) is 0 Å². The van der Waals surface area contributed by atoms with Gasteiger partial charge in [-0.15, -0.1) is 0 Å². The van der Waals surface area contributed by atoms with Crippen LogP contribution in [0.25, 0.3) is 54.2 Å². The van der Waals surface area contributed by atoms with E-state index in [2.05, 4.69) is 0 Å². The molecule has 0 aliphatic carbocycles. The monoisotopic (exact) mass is 510 g/mol. The molecular formula is C34H19ClO3. The number of carbonyl (C=O) groups is 1. The summed E-state index contributed by atoms with van der Waals surface area (Å²) in [5.41, 5.74) is 2.76. The van der Waals surface area contributed by atoms with Crippen LogP contribution in [0.1, 0.15) is 21.5 Å². The van der Waals surface area contributed by atoms with Crippen molar-refractivity contribution in [2.24, 2.45) is 0 Å². The molecule has 0 atom stereocenters. The van der Waals surface area contributed by atoms with Gasteiger partial charge in [-0.3, -0.25) is 14.4 Å². The van der Waals surface area contributed by atoms with Crippen LogP contribution in [0.4, 0.5) is 0 Å². The minimum atomic E-state index is -0.234. The molecule has 0 aliphatic heterocycles. The summed E-state index contributed by atoms with van der Waals surface area (Å²) in [6.07, 6.45) is 0. The minimum Gasteiger partial charge on any atom is -0.289 e. The van der Waals surface area contributed by atoms with E-state index < -0.39 is 0 Å². The Labute approximate surface area is 222 Å². The quantitative estimate of drug-likeness (QED) is 0.228. The third-order valence-electron chi connectivity index (χ3n) is 7.51. The molecule has 0 heterocycles. The lowest BCUT2D eigenvalue weighted by Crippen LogP contribution is -2.08. The molecule has 0 saturated carbocycles. The fraction of sp³-hybridized carbons (Fsp3) is 0.0294. The third kappa shape index (κ3) is 3.06. The maximum Gasteiger partial charge on any atom is 0.194 e. The average Bonchev–Trinajstić information content (AvgIpc) is 3.40. The Kier molecular flexibility index (Phi) is 4.88. The van der Waals surface area contributed by atoms with Crippen LogP contribution in [-0.2, 0) is 0 Å². The van der Waals surface area contributed by atoms with Crippen LogP contribution in [0.5, 0.6) is 0 Å². The number of rotatable bonds is 3. The summed E-state index contributed by atoms with van der Waals surface area (Å²) in [5, 5.41) is 5.05. The van der Waals surface area contributed by atoms with E-state index in [1.165, 1.54) is 0 Å². The Bertz CT molecular complexity index is 2180. The number of aryl methyl sites for hydroxylation is 1. The highest BCUT2D eigenvalue weighted by Crippen LogP contribution is 2.44. The van der Waals surface area contributed by atoms with Gasteiger partial charge in [0.1, 0.15) is 0 Å². The summed E-state index contributed by atoms with van der Waals surface area (Å²) < 4.78 is 0. The van der Waals surface area contributed by atoms with Gasteiger partial charge in [-0.1, -0.05) is 102 Å². The maximum atomic E-state index is 14.4. The van der Waals surface area contributed by atoms with Crippen molar-refractivity contribution in [3.05, 3.63) is 139 Å². The van der Waals surface area contributed by atoms with Crippen LogP contribution in [0, 0.1) is 6.92 Å². The van der Waals surface area contributed by atoms with E-state index in [0.29, 0.717) is 65.0 Å². The van der Waals surface area contributed by atoms with Gasteiger partial charge in [-0.05, 0) is 35.4 Å². The molecule has 4 heteroatoms. The van der Waals surface area contributed by atoms with Gasteiger partial charge in [-0.2, -0.15) is 0 Å². The fourth-order valence-corrected chi connectivity index (χ4v) is 5.92. The summed E-state index contributed by atoms with van der Waals surface area (Å²) in [6.45, 7) is 1.96. The number of ketones is 1. The Morgan fingerprint density at radius 2 is 1.11 bits per heavy atom. The molecule has 38 heavy (non-hydrogen) atoms. The van der Waals surface area contributed by atoms with Gasteiger partial charge in [0.15, 0.2) is 16.6 Å². The molecule has 7 aromatic carbocycles. The van der Waals surface area contributed by atoms with E-state index in [4.69, 9.17) is 11.6 Å². The lowest BCUT2D eigenvalue weighted by molar-refractivity contribution is 0.104. The first-order valence-electron chi connectivity index (χ1n) is 12.3. The van der Waals surface area contributed by atoms with Crippen LogP contribution in [-0.4, -0.2) is 5.78 Å². The lowest BCUT2D eigenvalue weighted by Gasteiger charge is -2.15. The molecule has 0 bridgehead atoms. The summed E-state index contributed by atoms with van der Waals surface area (Å²) in [5.74, 6) is -0.234. The lowest BCUT2D eigenvalue weighted by atomic mass is 9.86. The summed E-state index contributed by atoms with van der Waals surface area (Å²) in [6, 6.07) is 29.2. The van der Waals surface area contributed by atoms with Crippen molar-refractivity contribution in [2.75, 3.05) is 0 Å². The number of hydrogen-bond donors (Lipinski definition) is 0. The summed E-state index contributed by atoms with van der Waals surface area (Å²) in [4.78, 5) is 42.4. The molecule has 0 spiro atoms. The first-order valence-corrected chi connectivity index (χ1v) is 12.7. The predicted molar refractivity (Wildman–Crippen MR) is 156 cm³/mol. The molecule has 0 N–H and O–H groups in total. The SMILES string of the molecule is Cc1ccc(C(=O)c2c(-c3ccc(Cl)cc3)c3c(=O)c4ccccc4c3c3c(=O)c4ccccc4c23)cc1. The number of halogens is 1. The van der Waals surface area contributed by atoms with Crippen LogP contribution in [0.15, 0.2) is 107 Å². The molecule has 3 nitrogen and oxygen atoms in total. The zero-order chi connectivity index (χ0) is 26.1. The highest BCUT2D eigenvalue weighted by atomic mass is 35.5. The number of fused-ring (bicyclic) bond motifs is 7. The standard InChI is InChI=1S/C34H19ClO3/c1-18-10-12-20(13-11-18)32(36)29-26(19-14-16-21(35)17-15-19)30-28(23-7-3-4-8-24(23)33(30)37)31-27(29)22-6-2-5-9-25(22)34(31)38/h2-17H,1H3. The largest absolute Gasteiger partial charge is 0.289 e. The third-order valence-corrected chi connectivity index (χ3v) is 7.76. The first kappa shape index (κ1) is 22.6. The molecular weight excluding hydrogens is 492 g/mol. The van der Waals surface area contributed by atoms with Crippen molar-refractivity contribution in [1.29, 1.82) is 0 Å². The predicted octanol–water partition coefficient (Wildman–Crippen LogP) is 7.76. The van der Waals surface area contributed by atoms with Gasteiger partial charge in [-0.25, -0.2) is 0 Å². The number of carbonyl (C=O) groups excluding carboxylic acids is 1. The molecule has 0 aromatic heterocycles. The minimum absolute atomic E-state index is 0.169. The summed E-state index contributed by atoms with van der Waals surface area (Å²) >= 11 is 6.23. The topological polar surface area (TPSA) is 51.2 Å². The van der Waals surface area contributed by atoms with Gasteiger partial charge in [0.25, 0.3) is 0 Å². The highest BCUT2D eigenvalue weighted by Gasteiger charge is 2.29. The summed E-state index contributed by atoms with van der Waals surface area (Å²) in [7, 11) is 0. The number of benzene rings is 5. The van der Waals surface area contributed by atoms with E-state index in [1.54, 1.807) is 36.4 Å². The smallest absolute Gasteiger partial charge is 0.194 e. The zero-order valence-electron chi connectivity index (χ0n) is 20.3. The van der Waals surface area contributed by atoms with Crippen LogP contribution < -0.4 is 10.9 Å². The Morgan fingerprint density at radius 3 is 1.71 bits per heavy atom. The average molecular weight is 511 g/mol. The molecule has 0 unspecified atom stereocenters. The van der Waals surface area contributed by atoms with Gasteiger partial charge in [0, 0.05) is 54.0 Å². The fourth-order valence-electron chi connectivity index (χ4n) is 5.79. The second kappa shape index (κ2) is 8.20. The van der Waals surface area contributed by atoms with Crippen LogP contribution >= 0.6 is 11.6 Å².